The Morgan fingerprint density at radius 1 is 1.14 bits per heavy atom. The van der Waals surface area contributed by atoms with Crippen LogP contribution in [0.5, 0.6) is 0 Å². The maximum Gasteiger partial charge on any atom is 0.418 e. The molecule has 28 heavy (non-hydrogen) atoms. The van der Waals surface area contributed by atoms with Gasteiger partial charge < -0.3 is 15.5 Å². The van der Waals surface area contributed by atoms with Gasteiger partial charge in [-0.25, -0.2) is 0 Å². The summed E-state index contributed by atoms with van der Waals surface area (Å²) in [5, 5.41) is 5.80. The minimum atomic E-state index is -4.50. The summed E-state index contributed by atoms with van der Waals surface area (Å²) in [5.41, 5.74) is -1.03. The second-order valence-corrected chi connectivity index (χ2v) is 8.43. The Balaban J connectivity index is 1.83. The van der Waals surface area contributed by atoms with E-state index in [0.717, 1.165) is 25.7 Å². The molecule has 1 saturated heterocycles. The number of hydrogen-bond acceptors (Lipinski definition) is 3. The lowest BCUT2D eigenvalue weighted by molar-refractivity contribution is -0.137. The summed E-state index contributed by atoms with van der Waals surface area (Å²) in [6.07, 6.45) is -3.12. The second kappa shape index (κ2) is 9.74. The molecule has 158 valence electrons. The Morgan fingerprint density at radius 2 is 1.75 bits per heavy atom. The third-order valence-electron chi connectivity index (χ3n) is 5.04. The number of carbonyl (C=O) groups is 1. The van der Waals surface area contributed by atoms with Gasteiger partial charge in [0.05, 0.1) is 11.3 Å². The molecule has 2 N–H and O–H groups in total. The van der Waals surface area contributed by atoms with Gasteiger partial charge in [0.2, 0.25) is 5.91 Å². The summed E-state index contributed by atoms with van der Waals surface area (Å²) in [6.45, 7) is 11.6. The van der Waals surface area contributed by atoms with E-state index < -0.39 is 17.6 Å². The van der Waals surface area contributed by atoms with Crippen LogP contribution in [0.25, 0.3) is 0 Å². The number of rotatable bonds is 7. The van der Waals surface area contributed by atoms with Crippen molar-refractivity contribution in [1.29, 1.82) is 0 Å². The van der Waals surface area contributed by atoms with Crippen LogP contribution in [0.15, 0.2) is 24.3 Å². The largest absolute Gasteiger partial charge is 0.418 e. The molecule has 0 aliphatic carbocycles. The molecule has 1 aliphatic heterocycles. The van der Waals surface area contributed by atoms with E-state index in [1.54, 1.807) is 0 Å². The van der Waals surface area contributed by atoms with Crippen LogP contribution in [-0.2, 0) is 11.0 Å². The van der Waals surface area contributed by atoms with Gasteiger partial charge in [0.1, 0.15) is 0 Å². The van der Waals surface area contributed by atoms with Crippen molar-refractivity contribution < 1.29 is 18.0 Å². The number of nitrogens with one attached hydrogen (secondary N) is 2. The number of alkyl halides is 3. The van der Waals surface area contributed by atoms with Gasteiger partial charge in [-0.2, -0.15) is 13.2 Å². The molecule has 0 radical (unpaired) electrons. The maximum atomic E-state index is 13.0. The number of piperidine rings is 1. The van der Waals surface area contributed by atoms with Gasteiger partial charge in [-0.15, -0.1) is 0 Å². The van der Waals surface area contributed by atoms with Crippen molar-refractivity contribution in [2.24, 2.45) is 11.8 Å². The topological polar surface area (TPSA) is 44.4 Å². The first kappa shape index (κ1) is 22.7. The van der Waals surface area contributed by atoms with Gasteiger partial charge in [-0.05, 0) is 44.2 Å². The van der Waals surface area contributed by atoms with E-state index in [-0.39, 0.29) is 24.2 Å². The Morgan fingerprint density at radius 3 is 2.36 bits per heavy atom. The van der Waals surface area contributed by atoms with Crippen LogP contribution in [0.1, 0.15) is 46.1 Å². The summed E-state index contributed by atoms with van der Waals surface area (Å²) in [6, 6.07) is 5.11. The van der Waals surface area contributed by atoms with Gasteiger partial charge in [0, 0.05) is 38.1 Å². The SMILES string of the molecule is CC1CC(C)CN(CC(C)NC(C)CC(=O)Nc2ccccc2C(F)(F)F)C1. The molecule has 4 atom stereocenters. The van der Waals surface area contributed by atoms with E-state index in [1.807, 2.05) is 6.92 Å². The summed E-state index contributed by atoms with van der Waals surface area (Å²) in [7, 11) is 0. The predicted molar refractivity (Wildman–Crippen MR) is 106 cm³/mol. The zero-order chi connectivity index (χ0) is 20.9. The average molecular weight is 400 g/mol. The number of anilines is 1. The van der Waals surface area contributed by atoms with Crippen molar-refractivity contribution in [2.45, 2.75) is 58.8 Å². The van der Waals surface area contributed by atoms with Gasteiger partial charge >= 0.3 is 6.18 Å². The second-order valence-electron chi connectivity index (χ2n) is 8.43. The van der Waals surface area contributed by atoms with Gasteiger partial charge in [0.25, 0.3) is 0 Å². The minimum Gasteiger partial charge on any atom is -0.325 e. The van der Waals surface area contributed by atoms with E-state index in [4.69, 9.17) is 0 Å². The molecule has 1 aliphatic rings. The molecule has 1 fully saturated rings. The smallest absolute Gasteiger partial charge is 0.325 e. The van der Waals surface area contributed by atoms with Crippen LogP contribution in [0.4, 0.5) is 18.9 Å². The van der Waals surface area contributed by atoms with Gasteiger partial charge in [-0.3, -0.25) is 4.79 Å². The molecule has 0 spiro atoms. The lowest BCUT2D eigenvalue weighted by Crippen LogP contribution is -2.48. The molecule has 2 rings (SSSR count). The summed E-state index contributed by atoms with van der Waals surface area (Å²) >= 11 is 0. The highest BCUT2D eigenvalue weighted by molar-refractivity contribution is 5.92. The third-order valence-corrected chi connectivity index (χ3v) is 5.04. The van der Waals surface area contributed by atoms with Crippen LogP contribution in [0.2, 0.25) is 0 Å². The van der Waals surface area contributed by atoms with Crippen molar-refractivity contribution in [1.82, 2.24) is 10.2 Å². The zero-order valence-electron chi connectivity index (χ0n) is 17.1. The van der Waals surface area contributed by atoms with Gasteiger partial charge in [0.15, 0.2) is 0 Å². The minimum absolute atomic E-state index is 0.114. The molecule has 1 aromatic carbocycles. The number of carbonyl (C=O) groups excluding carboxylic acids is 1. The Kier molecular flexibility index (Phi) is 7.89. The highest BCUT2D eigenvalue weighted by Gasteiger charge is 2.33. The Bertz CT molecular complexity index is 640. The van der Waals surface area contributed by atoms with E-state index in [0.29, 0.717) is 11.8 Å². The molecular formula is C21H32F3N3O. The molecule has 1 aromatic rings. The average Bonchev–Trinajstić information content (AvgIpc) is 2.52. The molecular weight excluding hydrogens is 367 g/mol. The fraction of sp³-hybridized carbons (Fsp3) is 0.667. The van der Waals surface area contributed by atoms with Crippen LogP contribution in [0.3, 0.4) is 0 Å². The maximum absolute atomic E-state index is 13.0. The van der Waals surface area contributed by atoms with Crippen LogP contribution in [-0.4, -0.2) is 42.5 Å². The fourth-order valence-corrected chi connectivity index (χ4v) is 4.24. The van der Waals surface area contributed by atoms with Crippen molar-refractivity contribution in [2.75, 3.05) is 25.0 Å². The van der Waals surface area contributed by atoms with E-state index in [2.05, 4.69) is 36.3 Å². The zero-order valence-corrected chi connectivity index (χ0v) is 17.1. The fourth-order valence-electron chi connectivity index (χ4n) is 4.24. The predicted octanol–water partition coefficient (Wildman–Crippen LogP) is 4.38. The lowest BCUT2D eigenvalue weighted by atomic mass is 9.91. The molecule has 1 amide bonds. The first-order valence-corrected chi connectivity index (χ1v) is 9.99. The molecule has 0 aromatic heterocycles. The molecule has 4 unspecified atom stereocenters. The molecule has 1 heterocycles. The molecule has 7 heteroatoms. The number of likely N-dealkylation sites (tertiary alicyclic amines) is 1. The monoisotopic (exact) mass is 399 g/mol. The molecule has 0 saturated carbocycles. The van der Waals surface area contributed by atoms with Crippen LogP contribution >= 0.6 is 0 Å². The molecule has 0 bridgehead atoms. The van der Waals surface area contributed by atoms with Crippen molar-refractivity contribution in [3.05, 3.63) is 29.8 Å². The standard InChI is InChI=1S/C21H32F3N3O/c1-14-9-15(2)12-27(11-14)13-17(4)25-16(3)10-20(28)26-19-8-6-5-7-18(19)21(22,23)24/h5-8,14-17,25H,9-13H2,1-4H3,(H,26,28). The van der Waals surface area contributed by atoms with Crippen LogP contribution in [0, 0.1) is 11.8 Å². The van der Waals surface area contributed by atoms with E-state index in [9.17, 15) is 18.0 Å². The van der Waals surface area contributed by atoms with E-state index in [1.165, 1.54) is 24.6 Å². The normalized spacial score (nSPS) is 23.2. The number of benzene rings is 1. The third kappa shape index (κ3) is 7.09. The number of halogens is 3. The first-order valence-electron chi connectivity index (χ1n) is 9.99. The number of nitrogens with zero attached hydrogens (tertiary/aromatic N) is 1. The highest BCUT2D eigenvalue weighted by Crippen LogP contribution is 2.34. The van der Waals surface area contributed by atoms with Crippen molar-refractivity contribution in [3.63, 3.8) is 0 Å². The first-order chi connectivity index (χ1) is 13.0. The Hall–Kier alpha value is -1.60. The number of amides is 1. The number of hydrogen-bond donors (Lipinski definition) is 2. The van der Waals surface area contributed by atoms with Crippen LogP contribution < -0.4 is 10.6 Å². The van der Waals surface area contributed by atoms with Gasteiger partial charge in [-0.1, -0.05) is 26.0 Å². The quantitative estimate of drug-likeness (QED) is 0.715. The highest BCUT2D eigenvalue weighted by atomic mass is 19.4. The summed E-state index contributed by atoms with van der Waals surface area (Å²) in [4.78, 5) is 14.7. The van der Waals surface area contributed by atoms with Crippen molar-refractivity contribution in [3.8, 4) is 0 Å². The lowest BCUT2D eigenvalue weighted by Gasteiger charge is -2.37. The summed E-state index contributed by atoms with van der Waals surface area (Å²) < 4.78 is 39.1. The van der Waals surface area contributed by atoms with Crippen molar-refractivity contribution >= 4 is 11.6 Å². The molecule has 4 nitrogen and oxygen atoms in total. The Labute approximate surface area is 165 Å². The van der Waals surface area contributed by atoms with E-state index >= 15 is 0 Å². The number of para-hydroxylation sites is 1. The summed E-state index contributed by atoms with van der Waals surface area (Å²) in [5.74, 6) is 0.949.